The molecule has 0 saturated carbocycles. The zero-order valence-corrected chi connectivity index (χ0v) is 23.5. The Bertz CT molecular complexity index is 913. The van der Waals surface area contributed by atoms with Crippen LogP contribution in [0, 0.1) is 0 Å². The number of benzene rings is 2. The molecule has 0 aliphatic heterocycles. The molecule has 0 nitrogen and oxygen atoms in total. The van der Waals surface area contributed by atoms with Crippen molar-refractivity contribution in [3.63, 3.8) is 0 Å². The summed E-state index contributed by atoms with van der Waals surface area (Å²) in [6.07, 6.45) is 19.4. The van der Waals surface area contributed by atoms with Gasteiger partial charge in [-0.05, 0) is 0 Å². The minimum absolute atomic E-state index is 0. The maximum atomic E-state index is 2.51. The smallest absolute Gasteiger partial charge is 1.00 e. The molecule has 0 unspecified atom stereocenters. The largest absolute Gasteiger partial charge is 1.00 e. The summed E-state index contributed by atoms with van der Waals surface area (Å²) in [5, 5.41) is 0. The van der Waals surface area contributed by atoms with E-state index in [4.69, 9.17) is 0 Å². The van der Waals surface area contributed by atoms with Crippen LogP contribution in [0.25, 0.3) is 11.1 Å². The van der Waals surface area contributed by atoms with Gasteiger partial charge in [-0.1, -0.05) is 0 Å². The number of allylic oxidation sites excluding steroid dienone is 4. The normalized spacial score (nSPS) is 13.3. The zero-order valence-electron chi connectivity index (χ0n) is 19.5. The van der Waals surface area contributed by atoms with Gasteiger partial charge in [0.25, 0.3) is 0 Å². The van der Waals surface area contributed by atoms with Crippen LogP contribution in [0.1, 0.15) is 86.4 Å². The van der Waals surface area contributed by atoms with Crippen molar-refractivity contribution in [3.8, 4) is 11.1 Å². The van der Waals surface area contributed by atoms with Gasteiger partial charge < -0.3 is 24.8 Å². The third kappa shape index (κ3) is 6.03. The van der Waals surface area contributed by atoms with Crippen LogP contribution in [0.15, 0.2) is 70.0 Å². The summed E-state index contributed by atoms with van der Waals surface area (Å²) in [4.78, 5) is 0. The quantitative estimate of drug-likeness (QED) is 0.402. The Labute approximate surface area is 215 Å². The SMILES string of the molecule is CCCCC[C](CCCCC)=[Zr+2]([C]1=CC=CC1)[CH]1c2ccccc2-c2ccccc21.[Cl-].[Cl-]. The van der Waals surface area contributed by atoms with Crippen molar-refractivity contribution in [3.05, 3.63) is 81.2 Å². The molecule has 2 aliphatic rings. The first-order chi connectivity index (χ1) is 14.8. The van der Waals surface area contributed by atoms with Crippen LogP contribution >= 0.6 is 0 Å². The van der Waals surface area contributed by atoms with Gasteiger partial charge in [0.2, 0.25) is 0 Å². The van der Waals surface area contributed by atoms with E-state index in [-0.39, 0.29) is 24.8 Å². The van der Waals surface area contributed by atoms with Crippen LogP contribution in [-0.4, -0.2) is 3.21 Å². The minimum atomic E-state index is -2.06. The molecule has 0 atom stereocenters. The fourth-order valence-corrected chi connectivity index (χ4v) is 14.8. The summed E-state index contributed by atoms with van der Waals surface area (Å²) in [7, 11) is 0. The summed E-state index contributed by atoms with van der Waals surface area (Å²) in [5.74, 6) is 0. The molecule has 0 spiro atoms. The van der Waals surface area contributed by atoms with Crippen molar-refractivity contribution in [1.29, 1.82) is 0 Å². The number of fused-ring (bicyclic) bond motifs is 3. The molecule has 4 rings (SSSR count). The average Bonchev–Trinajstić information content (AvgIpc) is 3.42. The molecule has 2 aromatic carbocycles. The Morgan fingerprint density at radius 3 is 1.78 bits per heavy atom. The van der Waals surface area contributed by atoms with Crippen LogP contribution in [-0.2, 0) is 21.3 Å². The molecule has 2 aromatic rings. The number of halogens is 2. The van der Waals surface area contributed by atoms with Gasteiger partial charge in [-0.25, -0.2) is 0 Å². The minimum Gasteiger partial charge on any atom is -1.00 e. The summed E-state index contributed by atoms with van der Waals surface area (Å²) in [6.45, 7) is 4.67. The molecule has 0 aromatic heterocycles. The first kappa shape index (κ1) is 27.5. The second-order valence-electron chi connectivity index (χ2n) is 8.86. The van der Waals surface area contributed by atoms with E-state index in [1.54, 1.807) is 11.1 Å². The van der Waals surface area contributed by atoms with E-state index < -0.39 is 21.3 Å². The summed E-state index contributed by atoms with van der Waals surface area (Å²) < 4.78 is 4.51. The Morgan fingerprint density at radius 1 is 0.781 bits per heavy atom. The zero-order chi connectivity index (χ0) is 20.8. The van der Waals surface area contributed by atoms with Gasteiger partial charge in [-0.3, -0.25) is 0 Å². The van der Waals surface area contributed by atoms with Crippen molar-refractivity contribution in [2.75, 3.05) is 0 Å². The van der Waals surface area contributed by atoms with Crippen LogP contribution in [0.4, 0.5) is 0 Å². The number of hydrogen-bond donors (Lipinski definition) is 0. The maximum absolute atomic E-state index is 2.51. The summed E-state index contributed by atoms with van der Waals surface area (Å²) in [5.41, 5.74) is 6.27. The van der Waals surface area contributed by atoms with Gasteiger partial charge >= 0.3 is 192 Å². The molecular weight excluding hydrogens is 510 g/mol. The van der Waals surface area contributed by atoms with Gasteiger partial charge in [0.05, 0.1) is 0 Å². The van der Waals surface area contributed by atoms with Crippen LogP contribution < -0.4 is 24.8 Å². The van der Waals surface area contributed by atoms with E-state index in [2.05, 4.69) is 80.6 Å². The number of hydrogen-bond acceptors (Lipinski definition) is 0. The molecule has 2 aliphatic carbocycles. The van der Waals surface area contributed by atoms with Crippen molar-refractivity contribution >= 4 is 3.21 Å². The van der Waals surface area contributed by atoms with Crippen molar-refractivity contribution in [2.45, 2.75) is 75.3 Å². The monoisotopic (exact) mass is 544 g/mol. The Hall–Kier alpha value is -0.747. The third-order valence-electron chi connectivity index (χ3n) is 6.78. The summed E-state index contributed by atoms with van der Waals surface area (Å²) in [6, 6.07) is 18.6. The van der Waals surface area contributed by atoms with Crippen LogP contribution in [0.5, 0.6) is 0 Å². The van der Waals surface area contributed by atoms with Gasteiger partial charge in [0, 0.05) is 0 Å². The molecule has 0 amide bonds. The van der Waals surface area contributed by atoms with Crippen LogP contribution in [0.3, 0.4) is 0 Å². The fourth-order valence-electron chi connectivity index (χ4n) is 5.30. The third-order valence-corrected chi connectivity index (χ3v) is 15.4. The van der Waals surface area contributed by atoms with Gasteiger partial charge in [0.15, 0.2) is 0 Å². The first-order valence-electron chi connectivity index (χ1n) is 12.1. The van der Waals surface area contributed by atoms with E-state index in [9.17, 15) is 0 Å². The van der Waals surface area contributed by atoms with E-state index in [1.807, 2.05) is 6.49 Å². The van der Waals surface area contributed by atoms with Gasteiger partial charge in [-0.2, -0.15) is 0 Å². The molecule has 0 heterocycles. The van der Waals surface area contributed by atoms with Crippen LogP contribution in [0.2, 0.25) is 0 Å². The van der Waals surface area contributed by atoms with E-state index >= 15 is 0 Å². The number of rotatable bonds is 10. The molecule has 170 valence electrons. The molecule has 0 bridgehead atoms. The van der Waals surface area contributed by atoms with Crippen molar-refractivity contribution in [2.24, 2.45) is 0 Å². The van der Waals surface area contributed by atoms with Gasteiger partial charge in [-0.15, -0.1) is 0 Å². The average molecular weight is 547 g/mol. The van der Waals surface area contributed by atoms with Crippen molar-refractivity contribution in [1.82, 2.24) is 0 Å². The molecule has 0 fully saturated rings. The molecule has 0 radical (unpaired) electrons. The maximum Gasteiger partial charge on any atom is -1.00 e. The summed E-state index contributed by atoms with van der Waals surface area (Å²) >= 11 is -2.06. The topological polar surface area (TPSA) is 0 Å². The molecule has 0 saturated heterocycles. The predicted octanol–water partition coefficient (Wildman–Crippen LogP) is 2.56. The molecule has 32 heavy (non-hydrogen) atoms. The van der Waals surface area contributed by atoms with E-state index in [0.717, 1.165) is 0 Å². The predicted molar refractivity (Wildman–Crippen MR) is 129 cm³/mol. The molecular formula is C29H36Cl2Zr. The number of unbranched alkanes of at least 4 members (excludes halogenated alkanes) is 4. The second kappa shape index (κ2) is 13.8. The van der Waals surface area contributed by atoms with Crippen molar-refractivity contribution < 1.29 is 46.1 Å². The fraction of sp³-hybridized carbons (Fsp3) is 0.414. The standard InChI is InChI=1S/C13H9.C11H22.C5H5.2ClH.Zr/c1-3-7-12-10(5-1)9-11-6-2-4-8-13(11)12;1-3-5-7-9-11-10-8-6-4-2;1-2-4-5-3-1;;;/h1-9H;3-10H2,1-2H3;1-3H,4H2;2*1H;/q;;;;;+2/p-2. The molecule has 3 heteroatoms. The Kier molecular flexibility index (Phi) is 11.9. The van der Waals surface area contributed by atoms with E-state index in [1.165, 1.54) is 68.9 Å². The van der Waals surface area contributed by atoms with Gasteiger partial charge in [0.1, 0.15) is 0 Å². The second-order valence-corrected chi connectivity index (χ2v) is 15.6. The first-order valence-corrected chi connectivity index (χ1v) is 16.0. The Morgan fingerprint density at radius 2 is 1.31 bits per heavy atom. The van der Waals surface area contributed by atoms with E-state index in [0.29, 0.717) is 3.63 Å². The molecule has 0 N–H and O–H groups in total. The Balaban J connectivity index is 0.00000181.